The first-order chi connectivity index (χ1) is 13.2. The summed E-state index contributed by atoms with van der Waals surface area (Å²) in [5, 5.41) is 0. The molecule has 4 rings (SSSR count). The number of hydrogen-bond donors (Lipinski definition) is 0. The Morgan fingerprint density at radius 1 is 0.889 bits per heavy atom. The highest BCUT2D eigenvalue weighted by molar-refractivity contribution is 8.04. The highest BCUT2D eigenvalue weighted by Crippen LogP contribution is 2.42. The second kappa shape index (κ2) is 7.72. The molecule has 0 aromatic heterocycles. The Kier molecular flexibility index (Phi) is 4.99. The van der Waals surface area contributed by atoms with Crippen molar-refractivity contribution in [1.29, 1.82) is 0 Å². The number of fused-ring (bicyclic) bond motifs is 1. The van der Waals surface area contributed by atoms with Crippen molar-refractivity contribution in [3.63, 3.8) is 0 Å². The number of allylic oxidation sites excluding steroid dienone is 1. The molecule has 0 radical (unpaired) electrons. The first kappa shape index (κ1) is 17.4. The van der Waals surface area contributed by atoms with Crippen molar-refractivity contribution in [2.75, 3.05) is 6.61 Å². The van der Waals surface area contributed by atoms with Gasteiger partial charge in [0.2, 0.25) is 5.78 Å². The van der Waals surface area contributed by atoms with E-state index in [1.54, 1.807) is 0 Å². The van der Waals surface area contributed by atoms with E-state index in [4.69, 9.17) is 9.47 Å². The lowest BCUT2D eigenvalue weighted by atomic mass is 10.1. The van der Waals surface area contributed by atoms with Crippen molar-refractivity contribution < 1.29 is 14.3 Å². The summed E-state index contributed by atoms with van der Waals surface area (Å²) >= 11 is 1.48. The van der Waals surface area contributed by atoms with Crippen LogP contribution in [0.2, 0.25) is 0 Å². The smallest absolute Gasteiger partial charge is 0.200 e. The molecular formula is C23H18O3S. The number of carbonyl (C=O) groups is 1. The second-order valence-electron chi connectivity index (χ2n) is 6.02. The maximum Gasteiger partial charge on any atom is 0.200 e. The molecule has 1 heterocycles. The van der Waals surface area contributed by atoms with E-state index in [1.807, 2.05) is 85.8 Å². The molecule has 0 saturated heterocycles. The van der Waals surface area contributed by atoms with E-state index in [2.05, 4.69) is 0 Å². The van der Waals surface area contributed by atoms with Crippen LogP contribution in [0.15, 0.2) is 82.6 Å². The van der Waals surface area contributed by atoms with Crippen molar-refractivity contribution in [1.82, 2.24) is 0 Å². The van der Waals surface area contributed by atoms with Crippen molar-refractivity contribution in [2.45, 2.75) is 11.8 Å². The van der Waals surface area contributed by atoms with Gasteiger partial charge in [0.05, 0.1) is 11.5 Å². The number of carbonyl (C=O) groups excluding carboxylic acids is 1. The molecule has 0 fully saturated rings. The molecule has 1 aliphatic heterocycles. The van der Waals surface area contributed by atoms with E-state index >= 15 is 0 Å². The van der Waals surface area contributed by atoms with Gasteiger partial charge in [0.1, 0.15) is 17.2 Å². The van der Waals surface area contributed by atoms with Gasteiger partial charge >= 0.3 is 0 Å². The maximum absolute atomic E-state index is 12.7. The van der Waals surface area contributed by atoms with E-state index in [1.165, 1.54) is 11.8 Å². The second-order valence-corrected chi connectivity index (χ2v) is 7.10. The van der Waals surface area contributed by atoms with Crippen molar-refractivity contribution >= 4 is 23.6 Å². The van der Waals surface area contributed by atoms with Crippen molar-refractivity contribution in [3.05, 3.63) is 88.8 Å². The van der Waals surface area contributed by atoms with Crippen LogP contribution in [0.3, 0.4) is 0 Å². The molecule has 134 valence electrons. The van der Waals surface area contributed by atoms with Gasteiger partial charge in [-0.1, -0.05) is 42.1 Å². The molecule has 4 heteroatoms. The number of hydrogen-bond acceptors (Lipinski definition) is 4. The van der Waals surface area contributed by atoms with Gasteiger partial charge in [0, 0.05) is 10.5 Å². The standard InChI is InChI=1S/C23H18O3S/c1-2-25-18-11-12-20-21(15-18)27-22(23(20)24)14-16-7-6-10-19(13-16)26-17-8-4-3-5-9-17/h3-15H,2H2,1H3/b22-14+. The number of para-hydroxylation sites is 1. The molecule has 0 N–H and O–H groups in total. The predicted octanol–water partition coefficient (Wildman–Crippen LogP) is 6.21. The molecule has 0 aliphatic carbocycles. The maximum atomic E-state index is 12.7. The van der Waals surface area contributed by atoms with Crippen LogP contribution < -0.4 is 9.47 Å². The molecule has 0 amide bonds. The number of benzene rings is 3. The van der Waals surface area contributed by atoms with E-state index in [0.29, 0.717) is 11.5 Å². The minimum absolute atomic E-state index is 0.0485. The molecular weight excluding hydrogens is 356 g/mol. The molecule has 27 heavy (non-hydrogen) atoms. The molecule has 0 bridgehead atoms. The lowest BCUT2D eigenvalue weighted by Crippen LogP contribution is -1.95. The molecule has 3 nitrogen and oxygen atoms in total. The third-order valence-corrected chi connectivity index (χ3v) is 5.17. The highest BCUT2D eigenvalue weighted by Gasteiger charge is 2.26. The summed E-state index contributed by atoms with van der Waals surface area (Å²) in [4.78, 5) is 14.3. The average Bonchev–Trinajstić information content (AvgIpc) is 2.98. The van der Waals surface area contributed by atoms with Gasteiger partial charge in [-0.25, -0.2) is 0 Å². The number of Topliss-reactive ketones (excluding diaryl/α,β-unsaturated/α-hetero) is 1. The zero-order valence-corrected chi connectivity index (χ0v) is 15.7. The lowest BCUT2D eigenvalue weighted by Gasteiger charge is -2.06. The molecule has 1 aliphatic rings. The average molecular weight is 374 g/mol. The van der Waals surface area contributed by atoms with Gasteiger partial charge in [-0.2, -0.15) is 0 Å². The highest BCUT2D eigenvalue weighted by atomic mass is 32.2. The summed E-state index contributed by atoms with van der Waals surface area (Å²) in [5.41, 5.74) is 1.66. The van der Waals surface area contributed by atoms with E-state index in [9.17, 15) is 4.79 Å². The Labute approximate surface area is 162 Å². The summed E-state index contributed by atoms with van der Waals surface area (Å²) in [7, 11) is 0. The Bertz CT molecular complexity index is 1010. The van der Waals surface area contributed by atoms with Crippen LogP contribution in [0.1, 0.15) is 22.8 Å². The largest absolute Gasteiger partial charge is 0.494 e. The van der Waals surface area contributed by atoms with E-state index < -0.39 is 0 Å². The van der Waals surface area contributed by atoms with Crippen LogP contribution in [0, 0.1) is 0 Å². The molecule has 3 aromatic rings. The molecule has 0 unspecified atom stereocenters. The quantitative estimate of drug-likeness (QED) is 0.498. The predicted molar refractivity (Wildman–Crippen MR) is 109 cm³/mol. The van der Waals surface area contributed by atoms with Gasteiger partial charge in [-0.3, -0.25) is 4.79 Å². The van der Waals surface area contributed by atoms with E-state index in [-0.39, 0.29) is 5.78 Å². The summed E-state index contributed by atoms with van der Waals surface area (Å²) in [6.45, 7) is 2.55. The van der Waals surface area contributed by atoms with Crippen LogP contribution in [0.25, 0.3) is 6.08 Å². The molecule has 0 saturated carbocycles. The van der Waals surface area contributed by atoms with Crippen LogP contribution in [-0.2, 0) is 0 Å². The Balaban J connectivity index is 1.57. The topological polar surface area (TPSA) is 35.5 Å². The van der Waals surface area contributed by atoms with Gasteiger partial charge in [0.25, 0.3) is 0 Å². The zero-order chi connectivity index (χ0) is 18.6. The van der Waals surface area contributed by atoms with Gasteiger partial charge in [-0.15, -0.1) is 0 Å². The van der Waals surface area contributed by atoms with Crippen LogP contribution in [-0.4, -0.2) is 12.4 Å². The Hall–Kier alpha value is -2.98. The van der Waals surface area contributed by atoms with Gasteiger partial charge in [0.15, 0.2) is 0 Å². The fraction of sp³-hybridized carbons (Fsp3) is 0.0870. The zero-order valence-electron chi connectivity index (χ0n) is 14.8. The van der Waals surface area contributed by atoms with Gasteiger partial charge in [-0.05, 0) is 61.0 Å². The van der Waals surface area contributed by atoms with Crippen LogP contribution in [0.4, 0.5) is 0 Å². The third kappa shape index (κ3) is 3.91. The number of rotatable bonds is 5. The number of thioether (sulfide) groups is 1. The van der Waals surface area contributed by atoms with E-state index in [0.717, 1.165) is 33.3 Å². The lowest BCUT2D eigenvalue weighted by molar-refractivity contribution is 0.104. The Morgan fingerprint density at radius 3 is 2.52 bits per heavy atom. The first-order valence-corrected chi connectivity index (χ1v) is 9.58. The van der Waals surface area contributed by atoms with Crippen molar-refractivity contribution in [3.8, 4) is 17.2 Å². The minimum atomic E-state index is 0.0485. The minimum Gasteiger partial charge on any atom is -0.494 e. The summed E-state index contributed by atoms with van der Waals surface area (Å²) < 4.78 is 11.4. The SMILES string of the molecule is CCOc1ccc2c(c1)S/C(=C/c1cccc(Oc3ccccc3)c1)C2=O. The fourth-order valence-corrected chi connectivity index (χ4v) is 3.95. The molecule has 3 aromatic carbocycles. The number of ether oxygens (including phenoxy) is 2. The monoisotopic (exact) mass is 374 g/mol. The molecule has 0 spiro atoms. The van der Waals surface area contributed by atoms with Crippen LogP contribution in [0.5, 0.6) is 17.2 Å². The summed E-state index contributed by atoms with van der Waals surface area (Å²) in [6, 6.07) is 23.0. The molecule has 0 atom stereocenters. The summed E-state index contributed by atoms with van der Waals surface area (Å²) in [5.74, 6) is 2.36. The van der Waals surface area contributed by atoms with Crippen LogP contribution >= 0.6 is 11.8 Å². The fourth-order valence-electron chi connectivity index (χ4n) is 2.87. The summed E-state index contributed by atoms with van der Waals surface area (Å²) in [6.07, 6.45) is 1.91. The first-order valence-electron chi connectivity index (χ1n) is 8.77. The Morgan fingerprint density at radius 2 is 1.70 bits per heavy atom. The third-order valence-electron chi connectivity index (χ3n) is 4.09. The normalized spacial score (nSPS) is 14.3. The number of ketones is 1. The van der Waals surface area contributed by atoms with Crippen molar-refractivity contribution in [2.24, 2.45) is 0 Å². The van der Waals surface area contributed by atoms with Gasteiger partial charge < -0.3 is 9.47 Å².